The Kier molecular flexibility index (Phi) is 7.09. The van der Waals surface area contributed by atoms with E-state index in [0.717, 1.165) is 11.1 Å². The van der Waals surface area contributed by atoms with Crippen molar-refractivity contribution in [1.82, 2.24) is 35.0 Å². The lowest BCUT2D eigenvalue weighted by Crippen LogP contribution is -2.21. The molecule has 0 atom stereocenters. The molecule has 0 aliphatic rings. The molecule has 3 heterocycles. The third kappa shape index (κ3) is 5.49. The average molecular weight is 562 g/mol. The zero-order valence-corrected chi connectivity index (χ0v) is 22.3. The van der Waals surface area contributed by atoms with Crippen LogP contribution < -0.4 is 11.1 Å². The highest BCUT2D eigenvalue weighted by Gasteiger charge is 2.23. The fraction of sp³-hybridized carbons (Fsp3) is 0.115. The zero-order valence-electron chi connectivity index (χ0n) is 20.8. The van der Waals surface area contributed by atoms with Crippen LogP contribution in [-0.4, -0.2) is 46.8 Å². The third-order valence-corrected chi connectivity index (χ3v) is 6.28. The van der Waals surface area contributed by atoms with E-state index in [4.69, 9.17) is 28.9 Å². The molecule has 0 bridgehead atoms. The monoisotopic (exact) mass is 561 g/mol. The maximum absolute atomic E-state index is 13.5. The van der Waals surface area contributed by atoms with E-state index in [2.05, 4.69) is 30.8 Å². The van der Waals surface area contributed by atoms with E-state index in [1.807, 2.05) is 31.2 Å². The van der Waals surface area contributed by atoms with E-state index in [0.29, 0.717) is 22.1 Å². The van der Waals surface area contributed by atoms with E-state index < -0.39 is 11.8 Å². The Balaban J connectivity index is 1.51. The minimum atomic E-state index is -0.737. The number of nitrogens with zero attached hydrogens (tertiary/aromatic N) is 7. The molecule has 3 aromatic heterocycles. The van der Waals surface area contributed by atoms with Crippen LogP contribution in [-0.2, 0) is 6.54 Å². The number of nitrogens with two attached hydrogens (primary N) is 1. The largest absolute Gasteiger partial charge is 0.366 e. The third-order valence-electron chi connectivity index (χ3n) is 5.77. The number of hydrogen-bond acceptors (Lipinski definition) is 7. The number of amides is 2. The van der Waals surface area contributed by atoms with Crippen LogP contribution in [0.1, 0.15) is 37.7 Å². The van der Waals surface area contributed by atoms with Crippen molar-refractivity contribution in [3.63, 3.8) is 0 Å². The molecule has 0 aliphatic heterocycles. The van der Waals surface area contributed by atoms with Crippen LogP contribution in [0.5, 0.6) is 0 Å². The minimum Gasteiger partial charge on any atom is -0.366 e. The van der Waals surface area contributed by atoms with Crippen LogP contribution in [0.15, 0.2) is 60.8 Å². The number of benzene rings is 2. The summed E-state index contributed by atoms with van der Waals surface area (Å²) in [5.74, 6) is -0.610. The van der Waals surface area contributed by atoms with E-state index in [-0.39, 0.29) is 34.3 Å². The van der Waals surface area contributed by atoms with Crippen molar-refractivity contribution in [3.05, 3.63) is 98.9 Å². The number of anilines is 1. The molecule has 2 aromatic carbocycles. The molecule has 0 radical (unpaired) electrons. The van der Waals surface area contributed by atoms with E-state index in [1.165, 1.54) is 21.7 Å². The average Bonchev–Trinajstić information content (AvgIpc) is 3.53. The first-order valence-corrected chi connectivity index (χ1v) is 12.4. The SMILES string of the molecule is Cc1cccc(-c2nnn(Cc3cc(C(=O)Nc4c(C)cc(Cl)cc4C(N)=O)n(-c4ncccc4Cl)n3)n2)c1. The second kappa shape index (κ2) is 10.6. The lowest BCUT2D eigenvalue weighted by molar-refractivity contribution is 0.100. The molecule has 2 amide bonds. The molecule has 3 N–H and O–H groups in total. The Bertz CT molecular complexity index is 1730. The van der Waals surface area contributed by atoms with Gasteiger partial charge in [-0.15, -0.1) is 10.2 Å². The smallest absolute Gasteiger partial charge is 0.274 e. The Hall–Kier alpha value is -4.61. The van der Waals surface area contributed by atoms with Crippen molar-refractivity contribution >= 4 is 40.7 Å². The first kappa shape index (κ1) is 26.0. The highest BCUT2D eigenvalue weighted by atomic mass is 35.5. The summed E-state index contributed by atoms with van der Waals surface area (Å²) in [5, 5.41) is 20.6. The highest BCUT2D eigenvalue weighted by molar-refractivity contribution is 6.32. The molecular weight excluding hydrogens is 541 g/mol. The van der Waals surface area contributed by atoms with E-state index in [9.17, 15) is 9.59 Å². The maximum Gasteiger partial charge on any atom is 0.274 e. The topological polar surface area (TPSA) is 146 Å². The van der Waals surface area contributed by atoms with Crippen LogP contribution in [0, 0.1) is 13.8 Å². The molecular formula is C26H21Cl2N9O2. The van der Waals surface area contributed by atoms with Crippen LogP contribution >= 0.6 is 23.2 Å². The van der Waals surface area contributed by atoms with Gasteiger partial charge in [0.05, 0.1) is 22.0 Å². The standard InChI is InChI=1S/C26H21Cl2N9O2/c1-14-5-3-6-16(9-14)24-32-35-36(34-24)13-18-12-21(37(33-18)25-20(28)7-4-8-30-25)26(39)31-22-15(2)10-17(27)11-19(22)23(29)38/h3-12H,13H2,1-2H3,(H2,29,38)(H,31,39). The molecule has 11 nitrogen and oxygen atoms in total. The molecule has 39 heavy (non-hydrogen) atoms. The summed E-state index contributed by atoms with van der Waals surface area (Å²) in [6.45, 7) is 3.80. The number of aryl methyl sites for hydroxylation is 2. The molecule has 5 aromatic rings. The molecule has 0 fully saturated rings. The van der Waals surface area contributed by atoms with Crippen molar-refractivity contribution < 1.29 is 9.59 Å². The number of halogens is 2. The van der Waals surface area contributed by atoms with Gasteiger partial charge in [0.25, 0.3) is 11.8 Å². The quantitative estimate of drug-likeness (QED) is 0.302. The van der Waals surface area contributed by atoms with Crippen molar-refractivity contribution in [1.29, 1.82) is 0 Å². The molecule has 196 valence electrons. The fourth-order valence-electron chi connectivity index (χ4n) is 4.00. The normalized spacial score (nSPS) is 11.0. The lowest BCUT2D eigenvalue weighted by atomic mass is 10.1. The molecule has 0 spiro atoms. The van der Waals surface area contributed by atoms with E-state index in [1.54, 1.807) is 31.2 Å². The summed E-state index contributed by atoms with van der Waals surface area (Å²) in [5.41, 5.74) is 8.85. The summed E-state index contributed by atoms with van der Waals surface area (Å²) in [4.78, 5) is 31.3. The summed E-state index contributed by atoms with van der Waals surface area (Å²) < 4.78 is 1.32. The van der Waals surface area contributed by atoms with Crippen molar-refractivity contribution in [3.8, 4) is 17.2 Å². The predicted octanol–water partition coefficient (Wildman–Crippen LogP) is 4.24. The van der Waals surface area contributed by atoms with Crippen LogP contribution in [0.4, 0.5) is 5.69 Å². The summed E-state index contributed by atoms with van der Waals surface area (Å²) >= 11 is 12.5. The van der Waals surface area contributed by atoms with Crippen LogP contribution in [0.25, 0.3) is 17.2 Å². The maximum atomic E-state index is 13.5. The zero-order chi connectivity index (χ0) is 27.7. The first-order valence-electron chi connectivity index (χ1n) is 11.7. The number of primary amides is 1. The van der Waals surface area contributed by atoms with Crippen molar-refractivity contribution in [2.24, 2.45) is 5.73 Å². The number of carbonyl (C=O) groups excluding carboxylic acids is 2. The van der Waals surface area contributed by atoms with Gasteiger partial charge < -0.3 is 11.1 Å². The van der Waals surface area contributed by atoms with Crippen molar-refractivity contribution in [2.45, 2.75) is 20.4 Å². The summed E-state index contributed by atoms with van der Waals surface area (Å²) in [7, 11) is 0. The van der Waals surface area contributed by atoms with Gasteiger partial charge in [0.1, 0.15) is 12.2 Å². The van der Waals surface area contributed by atoms with Crippen LogP contribution in [0.3, 0.4) is 0 Å². The number of carbonyl (C=O) groups is 2. The van der Waals surface area contributed by atoms with Crippen LogP contribution in [0.2, 0.25) is 10.0 Å². The van der Waals surface area contributed by atoms with Gasteiger partial charge in [-0.2, -0.15) is 9.90 Å². The Morgan fingerprint density at radius 1 is 1.03 bits per heavy atom. The highest BCUT2D eigenvalue weighted by Crippen LogP contribution is 2.27. The van der Waals surface area contributed by atoms with Crippen molar-refractivity contribution in [2.75, 3.05) is 5.32 Å². The van der Waals surface area contributed by atoms with Gasteiger partial charge in [0, 0.05) is 16.8 Å². The molecule has 5 rings (SSSR count). The van der Waals surface area contributed by atoms with Gasteiger partial charge in [-0.3, -0.25) is 9.59 Å². The second-order valence-corrected chi connectivity index (χ2v) is 9.56. The Morgan fingerprint density at radius 2 is 1.85 bits per heavy atom. The first-order chi connectivity index (χ1) is 18.7. The Labute approximate surface area is 232 Å². The minimum absolute atomic E-state index is 0.0750. The molecule has 0 unspecified atom stereocenters. The van der Waals surface area contributed by atoms with Gasteiger partial charge in [-0.25, -0.2) is 9.67 Å². The lowest BCUT2D eigenvalue weighted by Gasteiger charge is -2.13. The molecule has 0 aliphatic carbocycles. The number of aromatic nitrogens is 7. The van der Waals surface area contributed by atoms with Gasteiger partial charge >= 0.3 is 0 Å². The Morgan fingerprint density at radius 3 is 2.59 bits per heavy atom. The number of nitrogens with one attached hydrogen (secondary N) is 1. The second-order valence-electron chi connectivity index (χ2n) is 8.72. The van der Waals surface area contributed by atoms with E-state index >= 15 is 0 Å². The molecule has 0 saturated carbocycles. The predicted molar refractivity (Wildman–Crippen MR) is 146 cm³/mol. The van der Waals surface area contributed by atoms with Gasteiger partial charge in [-0.05, 0) is 61.0 Å². The van der Waals surface area contributed by atoms with Gasteiger partial charge in [-0.1, -0.05) is 47.0 Å². The van der Waals surface area contributed by atoms with Gasteiger partial charge in [0.2, 0.25) is 5.82 Å². The van der Waals surface area contributed by atoms with Gasteiger partial charge in [0.15, 0.2) is 5.82 Å². The molecule has 0 saturated heterocycles. The number of tetrazole rings is 1. The summed E-state index contributed by atoms with van der Waals surface area (Å²) in [6.07, 6.45) is 1.53. The number of hydrogen-bond donors (Lipinski definition) is 2. The molecule has 13 heteroatoms. The number of rotatable bonds is 7. The fourth-order valence-corrected chi connectivity index (χ4v) is 4.47. The summed E-state index contributed by atoms with van der Waals surface area (Å²) in [6, 6.07) is 15.6. The number of pyridine rings is 1.